The lowest BCUT2D eigenvalue weighted by molar-refractivity contribution is -0.136. The van der Waals surface area contributed by atoms with E-state index in [9.17, 15) is 14.0 Å². The van der Waals surface area contributed by atoms with Gasteiger partial charge in [-0.3, -0.25) is 9.59 Å². The van der Waals surface area contributed by atoms with Crippen molar-refractivity contribution in [2.75, 3.05) is 25.1 Å². The fraction of sp³-hybridized carbons (Fsp3) is 0.364. The van der Waals surface area contributed by atoms with Crippen molar-refractivity contribution >= 4 is 17.5 Å². The first-order chi connectivity index (χ1) is 13.4. The van der Waals surface area contributed by atoms with Crippen LogP contribution in [0.4, 0.5) is 10.1 Å². The maximum atomic E-state index is 13.3. The molecule has 0 aliphatic carbocycles. The molecule has 6 heteroatoms. The van der Waals surface area contributed by atoms with Crippen LogP contribution in [0.1, 0.15) is 29.5 Å². The molecule has 0 radical (unpaired) electrons. The number of anilines is 1. The molecule has 0 unspecified atom stereocenters. The highest BCUT2D eigenvalue weighted by Crippen LogP contribution is 2.34. The van der Waals surface area contributed by atoms with Crippen LogP contribution in [0.25, 0.3) is 0 Å². The molecular weight excluding hydrogens is 359 g/mol. The third kappa shape index (κ3) is 4.39. The molecule has 28 heavy (non-hydrogen) atoms. The Labute approximate surface area is 164 Å². The standard InChI is InChI=1S/C22H25FN2O3/c1-15-4-3-5-16(2)19(15)25-21(27)20(26)24-14-22(10-12-28-13-11-22)17-6-8-18(23)9-7-17/h3-9H,10-14H2,1-2H3,(H,24,26)(H,25,27). The number of hydrogen-bond acceptors (Lipinski definition) is 3. The number of halogens is 1. The molecule has 148 valence electrons. The summed E-state index contributed by atoms with van der Waals surface area (Å²) in [5.74, 6) is -1.68. The molecule has 0 aromatic heterocycles. The SMILES string of the molecule is Cc1cccc(C)c1NC(=O)C(=O)NCC1(c2ccc(F)cc2)CCOCC1. The van der Waals surface area contributed by atoms with E-state index in [2.05, 4.69) is 10.6 Å². The van der Waals surface area contributed by atoms with Crippen molar-refractivity contribution in [1.82, 2.24) is 5.32 Å². The molecule has 1 aliphatic rings. The number of benzene rings is 2. The van der Waals surface area contributed by atoms with E-state index >= 15 is 0 Å². The van der Waals surface area contributed by atoms with Crippen LogP contribution in [0.2, 0.25) is 0 Å². The smallest absolute Gasteiger partial charge is 0.313 e. The maximum Gasteiger partial charge on any atom is 0.313 e. The van der Waals surface area contributed by atoms with Crippen molar-refractivity contribution < 1.29 is 18.7 Å². The van der Waals surface area contributed by atoms with Crippen molar-refractivity contribution in [3.63, 3.8) is 0 Å². The molecule has 0 bridgehead atoms. The second kappa shape index (κ2) is 8.52. The second-order valence-corrected chi connectivity index (χ2v) is 7.30. The van der Waals surface area contributed by atoms with Gasteiger partial charge in [-0.1, -0.05) is 30.3 Å². The van der Waals surface area contributed by atoms with Crippen LogP contribution in [0.3, 0.4) is 0 Å². The predicted octanol–water partition coefficient (Wildman–Crippen LogP) is 3.25. The molecule has 1 aliphatic heterocycles. The Morgan fingerprint density at radius 1 is 1.00 bits per heavy atom. The zero-order valence-corrected chi connectivity index (χ0v) is 16.2. The normalized spacial score (nSPS) is 15.7. The number of hydrogen-bond donors (Lipinski definition) is 2. The minimum Gasteiger partial charge on any atom is -0.381 e. The van der Waals surface area contributed by atoms with Crippen LogP contribution < -0.4 is 10.6 Å². The first-order valence-corrected chi connectivity index (χ1v) is 9.40. The lowest BCUT2D eigenvalue weighted by Crippen LogP contribution is -2.47. The summed E-state index contributed by atoms with van der Waals surface area (Å²) in [6, 6.07) is 12.0. The molecule has 0 spiro atoms. The monoisotopic (exact) mass is 384 g/mol. The highest BCUT2D eigenvalue weighted by atomic mass is 19.1. The lowest BCUT2D eigenvalue weighted by atomic mass is 9.74. The fourth-order valence-electron chi connectivity index (χ4n) is 3.64. The summed E-state index contributed by atoms with van der Waals surface area (Å²) in [7, 11) is 0. The number of amides is 2. The summed E-state index contributed by atoms with van der Waals surface area (Å²) in [4.78, 5) is 24.8. The van der Waals surface area contributed by atoms with E-state index in [1.165, 1.54) is 12.1 Å². The summed E-state index contributed by atoms with van der Waals surface area (Å²) < 4.78 is 18.8. The third-order valence-corrected chi connectivity index (χ3v) is 5.42. The van der Waals surface area contributed by atoms with Crippen molar-refractivity contribution in [2.45, 2.75) is 32.1 Å². The number of carbonyl (C=O) groups excluding carboxylic acids is 2. The van der Waals surface area contributed by atoms with Crippen molar-refractivity contribution in [3.8, 4) is 0 Å². The lowest BCUT2D eigenvalue weighted by Gasteiger charge is -2.37. The number of ether oxygens (including phenoxy) is 1. The Balaban J connectivity index is 1.70. The van der Waals surface area contributed by atoms with E-state index in [1.54, 1.807) is 12.1 Å². The van der Waals surface area contributed by atoms with E-state index in [0.717, 1.165) is 16.7 Å². The molecule has 1 saturated heterocycles. The molecule has 2 N–H and O–H groups in total. The van der Waals surface area contributed by atoms with Gasteiger partial charge < -0.3 is 15.4 Å². The highest BCUT2D eigenvalue weighted by molar-refractivity contribution is 6.39. The number of rotatable bonds is 4. The van der Waals surface area contributed by atoms with Gasteiger partial charge in [0, 0.05) is 30.9 Å². The average molecular weight is 384 g/mol. The van der Waals surface area contributed by atoms with Gasteiger partial charge in [0.05, 0.1) is 0 Å². The Morgan fingerprint density at radius 3 is 2.21 bits per heavy atom. The van der Waals surface area contributed by atoms with Gasteiger partial charge >= 0.3 is 11.8 Å². The van der Waals surface area contributed by atoms with E-state index in [4.69, 9.17) is 4.74 Å². The minimum absolute atomic E-state index is 0.293. The average Bonchev–Trinajstić information content (AvgIpc) is 2.70. The van der Waals surface area contributed by atoms with Crippen LogP contribution in [-0.4, -0.2) is 31.6 Å². The van der Waals surface area contributed by atoms with Gasteiger partial charge in [0.15, 0.2) is 0 Å². The van der Waals surface area contributed by atoms with Crippen LogP contribution in [-0.2, 0) is 19.7 Å². The topological polar surface area (TPSA) is 67.4 Å². The third-order valence-electron chi connectivity index (χ3n) is 5.42. The highest BCUT2D eigenvalue weighted by Gasteiger charge is 2.35. The van der Waals surface area contributed by atoms with Gasteiger partial charge in [0.25, 0.3) is 0 Å². The van der Waals surface area contributed by atoms with Crippen LogP contribution >= 0.6 is 0 Å². The Bertz CT molecular complexity index is 838. The second-order valence-electron chi connectivity index (χ2n) is 7.30. The maximum absolute atomic E-state index is 13.3. The van der Waals surface area contributed by atoms with Crippen LogP contribution in [0.5, 0.6) is 0 Å². The van der Waals surface area contributed by atoms with Crippen molar-refractivity contribution in [1.29, 1.82) is 0 Å². The van der Waals surface area contributed by atoms with Gasteiger partial charge in [-0.25, -0.2) is 4.39 Å². The van der Waals surface area contributed by atoms with Crippen LogP contribution in [0, 0.1) is 19.7 Å². The first kappa shape index (κ1) is 20.0. The van der Waals surface area contributed by atoms with Crippen molar-refractivity contribution in [2.24, 2.45) is 0 Å². The van der Waals surface area contributed by atoms with Gasteiger partial charge in [-0.15, -0.1) is 0 Å². The largest absolute Gasteiger partial charge is 0.381 e. The Hall–Kier alpha value is -2.73. The molecule has 2 aromatic carbocycles. The molecule has 1 fully saturated rings. The molecule has 2 amide bonds. The Kier molecular flexibility index (Phi) is 6.09. The number of aryl methyl sites for hydroxylation is 2. The van der Waals surface area contributed by atoms with E-state index in [-0.39, 0.29) is 11.2 Å². The van der Waals surface area contributed by atoms with Gasteiger partial charge in [-0.2, -0.15) is 0 Å². The summed E-state index contributed by atoms with van der Waals surface area (Å²) in [6.07, 6.45) is 1.38. The molecular formula is C22H25FN2O3. The quantitative estimate of drug-likeness (QED) is 0.796. The molecule has 2 aromatic rings. The summed E-state index contributed by atoms with van der Waals surface area (Å²) in [5, 5.41) is 5.47. The number of carbonyl (C=O) groups is 2. The zero-order chi connectivity index (χ0) is 20.1. The van der Waals surface area contributed by atoms with E-state index in [1.807, 2.05) is 32.0 Å². The predicted molar refractivity (Wildman–Crippen MR) is 106 cm³/mol. The van der Waals surface area contributed by atoms with E-state index < -0.39 is 11.8 Å². The summed E-state index contributed by atoms with van der Waals surface area (Å²) >= 11 is 0. The van der Waals surface area contributed by atoms with Gasteiger partial charge in [-0.05, 0) is 55.5 Å². The molecule has 1 heterocycles. The molecule has 3 rings (SSSR count). The van der Waals surface area contributed by atoms with Gasteiger partial charge in [0.1, 0.15) is 5.82 Å². The van der Waals surface area contributed by atoms with E-state index in [0.29, 0.717) is 38.3 Å². The summed E-state index contributed by atoms with van der Waals surface area (Å²) in [5.41, 5.74) is 3.01. The number of para-hydroxylation sites is 1. The molecule has 0 atom stereocenters. The first-order valence-electron chi connectivity index (χ1n) is 9.40. The molecule has 0 saturated carbocycles. The van der Waals surface area contributed by atoms with Crippen LogP contribution in [0.15, 0.2) is 42.5 Å². The minimum atomic E-state index is -0.696. The Morgan fingerprint density at radius 2 is 1.61 bits per heavy atom. The summed E-state index contributed by atoms with van der Waals surface area (Å²) in [6.45, 7) is 5.17. The van der Waals surface area contributed by atoms with Crippen molar-refractivity contribution in [3.05, 3.63) is 65.0 Å². The zero-order valence-electron chi connectivity index (χ0n) is 16.2. The number of nitrogens with one attached hydrogen (secondary N) is 2. The molecule has 5 nitrogen and oxygen atoms in total. The fourth-order valence-corrected chi connectivity index (χ4v) is 3.64. The van der Waals surface area contributed by atoms with Gasteiger partial charge in [0.2, 0.25) is 0 Å².